The van der Waals surface area contributed by atoms with Gasteiger partial charge in [0.15, 0.2) is 5.82 Å². The SMILES string of the molecule is C1=CN2CN=NC2=Cc2ccccc21. The lowest BCUT2D eigenvalue weighted by Gasteiger charge is -2.07. The summed E-state index contributed by atoms with van der Waals surface area (Å²) in [7, 11) is 0. The Morgan fingerprint density at radius 3 is 2.93 bits per heavy atom. The minimum Gasteiger partial charge on any atom is -0.309 e. The van der Waals surface area contributed by atoms with Crippen molar-refractivity contribution < 1.29 is 0 Å². The van der Waals surface area contributed by atoms with Gasteiger partial charge in [-0.15, -0.1) is 5.11 Å². The zero-order chi connectivity index (χ0) is 9.38. The fourth-order valence-electron chi connectivity index (χ4n) is 1.64. The highest BCUT2D eigenvalue weighted by atomic mass is 15.4. The average Bonchev–Trinajstić information content (AvgIpc) is 2.58. The van der Waals surface area contributed by atoms with Gasteiger partial charge in [0.1, 0.15) is 6.67 Å². The van der Waals surface area contributed by atoms with Crippen LogP contribution in [0, 0.1) is 0 Å². The number of fused-ring (bicyclic) bond motifs is 2. The molecule has 0 aromatic heterocycles. The highest BCUT2D eigenvalue weighted by Crippen LogP contribution is 2.24. The van der Waals surface area contributed by atoms with E-state index in [4.69, 9.17) is 0 Å². The minimum atomic E-state index is 0.635. The molecule has 0 amide bonds. The summed E-state index contributed by atoms with van der Waals surface area (Å²) in [4.78, 5) is 2.03. The first-order chi connectivity index (χ1) is 6.93. The quantitative estimate of drug-likeness (QED) is 0.607. The van der Waals surface area contributed by atoms with E-state index in [0.717, 1.165) is 5.82 Å². The Hall–Kier alpha value is -1.90. The van der Waals surface area contributed by atoms with Gasteiger partial charge >= 0.3 is 0 Å². The summed E-state index contributed by atoms with van der Waals surface area (Å²) in [5.41, 5.74) is 2.42. The molecule has 0 saturated carbocycles. The van der Waals surface area contributed by atoms with Crippen LogP contribution in [0.5, 0.6) is 0 Å². The van der Waals surface area contributed by atoms with Gasteiger partial charge in [-0.25, -0.2) is 0 Å². The molecule has 3 heteroatoms. The second-order valence-electron chi connectivity index (χ2n) is 3.30. The number of azo groups is 1. The molecule has 68 valence electrons. The summed E-state index contributed by atoms with van der Waals surface area (Å²) in [6.07, 6.45) is 6.18. The minimum absolute atomic E-state index is 0.635. The van der Waals surface area contributed by atoms with Crippen LogP contribution in [0.25, 0.3) is 12.2 Å². The van der Waals surface area contributed by atoms with Crippen LogP contribution in [0.3, 0.4) is 0 Å². The van der Waals surface area contributed by atoms with Crippen LogP contribution in [-0.4, -0.2) is 11.6 Å². The maximum absolute atomic E-state index is 4.08. The first kappa shape index (κ1) is 7.50. The van der Waals surface area contributed by atoms with Crippen LogP contribution >= 0.6 is 0 Å². The molecule has 0 bridgehead atoms. The largest absolute Gasteiger partial charge is 0.309 e. The summed E-state index contributed by atoms with van der Waals surface area (Å²) in [6, 6.07) is 8.26. The molecule has 3 nitrogen and oxygen atoms in total. The van der Waals surface area contributed by atoms with Crippen LogP contribution in [0.4, 0.5) is 0 Å². The average molecular weight is 183 g/mol. The Balaban J connectivity index is 2.19. The molecule has 0 fully saturated rings. The van der Waals surface area contributed by atoms with E-state index in [1.54, 1.807) is 0 Å². The van der Waals surface area contributed by atoms with Gasteiger partial charge in [-0.2, -0.15) is 5.11 Å². The number of hydrogen-bond acceptors (Lipinski definition) is 3. The van der Waals surface area contributed by atoms with E-state index >= 15 is 0 Å². The van der Waals surface area contributed by atoms with E-state index in [9.17, 15) is 0 Å². The standard InChI is InChI=1S/C11H9N3/c1-2-4-10-7-11-13-12-8-14(11)6-5-9(10)3-1/h1-7H,8H2. The third kappa shape index (κ3) is 1.06. The van der Waals surface area contributed by atoms with Gasteiger partial charge in [-0.3, -0.25) is 0 Å². The molecule has 0 spiro atoms. The maximum atomic E-state index is 4.08. The van der Waals surface area contributed by atoms with E-state index in [0.29, 0.717) is 6.67 Å². The maximum Gasteiger partial charge on any atom is 0.157 e. The Kier molecular flexibility index (Phi) is 1.50. The van der Waals surface area contributed by atoms with Crippen molar-refractivity contribution in [3.8, 4) is 0 Å². The van der Waals surface area contributed by atoms with Crippen LogP contribution < -0.4 is 0 Å². The molecule has 2 aliphatic heterocycles. The molecule has 0 atom stereocenters. The van der Waals surface area contributed by atoms with E-state index < -0.39 is 0 Å². The molecule has 0 aliphatic carbocycles. The van der Waals surface area contributed by atoms with E-state index in [2.05, 4.69) is 34.5 Å². The normalized spacial score (nSPS) is 17.4. The molecule has 0 radical (unpaired) electrons. The summed E-state index contributed by atoms with van der Waals surface area (Å²) in [5, 5.41) is 8.05. The number of hydrogen-bond donors (Lipinski definition) is 0. The number of benzene rings is 1. The van der Waals surface area contributed by atoms with E-state index in [-0.39, 0.29) is 0 Å². The number of rotatable bonds is 0. The summed E-state index contributed by atoms with van der Waals surface area (Å²) in [5.74, 6) is 0.922. The molecule has 0 unspecified atom stereocenters. The molecule has 2 aliphatic rings. The monoisotopic (exact) mass is 183 g/mol. The molecule has 0 N–H and O–H groups in total. The Morgan fingerprint density at radius 2 is 2.00 bits per heavy atom. The zero-order valence-electron chi connectivity index (χ0n) is 7.59. The Bertz CT molecular complexity index is 457. The third-order valence-corrected chi connectivity index (χ3v) is 2.40. The first-order valence-electron chi connectivity index (χ1n) is 4.56. The van der Waals surface area contributed by atoms with Crippen molar-refractivity contribution in [1.82, 2.24) is 4.90 Å². The van der Waals surface area contributed by atoms with Gasteiger partial charge in [0.05, 0.1) is 0 Å². The number of nitrogens with zero attached hydrogens (tertiary/aromatic N) is 3. The molecule has 2 heterocycles. The highest BCUT2D eigenvalue weighted by Gasteiger charge is 2.14. The van der Waals surface area contributed by atoms with Crippen molar-refractivity contribution in [2.75, 3.05) is 6.67 Å². The van der Waals surface area contributed by atoms with Crippen molar-refractivity contribution >= 4 is 12.2 Å². The van der Waals surface area contributed by atoms with Crippen molar-refractivity contribution in [1.29, 1.82) is 0 Å². The van der Waals surface area contributed by atoms with E-state index in [1.165, 1.54) is 11.1 Å². The predicted octanol–water partition coefficient (Wildman–Crippen LogP) is 2.69. The smallest absolute Gasteiger partial charge is 0.157 e. The van der Waals surface area contributed by atoms with Gasteiger partial charge in [0.2, 0.25) is 0 Å². The summed E-state index contributed by atoms with van der Waals surface area (Å²) in [6.45, 7) is 0.635. The van der Waals surface area contributed by atoms with Crippen LogP contribution in [0.2, 0.25) is 0 Å². The zero-order valence-corrected chi connectivity index (χ0v) is 7.59. The van der Waals surface area contributed by atoms with Crippen LogP contribution in [-0.2, 0) is 0 Å². The van der Waals surface area contributed by atoms with Crippen molar-refractivity contribution in [2.24, 2.45) is 10.2 Å². The first-order valence-corrected chi connectivity index (χ1v) is 4.56. The van der Waals surface area contributed by atoms with Gasteiger partial charge in [0.25, 0.3) is 0 Å². The fraction of sp³-hybridized carbons (Fsp3) is 0.0909. The van der Waals surface area contributed by atoms with Crippen LogP contribution in [0.15, 0.2) is 46.5 Å². The second kappa shape index (κ2) is 2.80. The van der Waals surface area contributed by atoms with Crippen molar-refractivity contribution in [3.63, 3.8) is 0 Å². The molecule has 1 aromatic carbocycles. The molecular formula is C11H9N3. The second-order valence-corrected chi connectivity index (χ2v) is 3.30. The van der Waals surface area contributed by atoms with E-state index in [1.807, 2.05) is 23.2 Å². The summed E-state index contributed by atoms with van der Waals surface area (Å²) < 4.78 is 0. The lowest BCUT2D eigenvalue weighted by Crippen LogP contribution is -2.08. The molecule has 0 saturated heterocycles. The molecular weight excluding hydrogens is 174 g/mol. The topological polar surface area (TPSA) is 28.0 Å². The Morgan fingerprint density at radius 1 is 1.14 bits per heavy atom. The Labute approximate surface area is 82.1 Å². The third-order valence-electron chi connectivity index (χ3n) is 2.40. The van der Waals surface area contributed by atoms with Gasteiger partial charge in [0, 0.05) is 6.20 Å². The van der Waals surface area contributed by atoms with Crippen molar-refractivity contribution in [3.05, 3.63) is 47.4 Å². The fourth-order valence-corrected chi connectivity index (χ4v) is 1.64. The lowest BCUT2D eigenvalue weighted by atomic mass is 10.1. The van der Waals surface area contributed by atoms with Crippen LogP contribution in [0.1, 0.15) is 11.1 Å². The lowest BCUT2D eigenvalue weighted by molar-refractivity contribution is 0.531. The molecule has 1 aromatic rings. The van der Waals surface area contributed by atoms with Gasteiger partial charge in [-0.05, 0) is 23.3 Å². The summed E-state index contributed by atoms with van der Waals surface area (Å²) >= 11 is 0. The van der Waals surface area contributed by atoms with Crippen molar-refractivity contribution in [2.45, 2.75) is 0 Å². The molecule has 3 rings (SSSR count). The molecule has 14 heavy (non-hydrogen) atoms. The highest BCUT2D eigenvalue weighted by molar-refractivity contribution is 5.68. The predicted molar refractivity (Wildman–Crippen MR) is 55.0 cm³/mol. The van der Waals surface area contributed by atoms with Gasteiger partial charge in [-0.1, -0.05) is 24.3 Å². The van der Waals surface area contributed by atoms with Gasteiger partial charge < -0.3 is 4.90 Å².